The summed E-state index contributed by atoms with van der Waals surface area (Å²) >= 11 is 0. The van der Waals surface area contributed by atoms with E-state index in [1.807, 2.05) is 63.3 Å². The minimum absolute atomic E-state index is 0.0720. The van der Waals surface area contributed by atoms with E-state index in [1.165, 1.54) is 0 Å². The first-order valence-electron chi connectivity index (χ1n) is 10.5. The van der Waals surface area contributed by atoms with Crippen molar-refractivity contribution in [3.8, 4) is 11.4 Å². The van der Waals surface area contributed by atoms with Gasteiger partial charge >= 0.3 is 0 Å². The molecule has 0 radical (unpaired) electrons. The molecule has 0 bridgehead atoms. The van der Waals surface area contributed by atoms with Gasteiger partial charge in [0.05, 0.1) is 17.0 Å². The number of rotatable bonds is 5. The van der Waals surface area contributed by atoms with Crippen LogP contribution in [0.4, 0.5) is 11.5 Å². The number of benzene rings is 1. The third kappa shape index (κ3) is 4.19. The molecule has 1 aliphatic rings. The maximum Gasteiger partial charge on any atom is 0.256 e. The van der Waals surface area contributed by atoms with E-state index >= 15 is 0 Å². The zero-order valence-electron chi connectivity index (χ0n) is 18.3. The third-order valence-corrected chi connectivity index (χ3v) is 5.38. The molecule has 8 heteroatoms. The van der Waals surface area contributed by atoms with Crippen molar-refractivity contribution in [3.05, 3.63) is 53.2 Å². The van der Waals surface area contributed by atoms with Crippen LogP contribution >= 0.6 is 0 Å². The standard InChI is InChI=1S/C23H28N6O2/c1-14(2)24-23(31)16-12-19-20-18(9-6-10-29(19)13-16)21(27-26-20)25-22(30)15-7-5-8-17(11-15)28(3)4/h5,7-8,11-14H,6,9-10H2,1-4H3,(H,24,31)(H2,25,26,27,30). The van der Waals surface area contributed by atoms with E-state index in [2.05, 4.69) is 25.4 Å². The number of carbonyl (C=O) groups excluding carboxylic acids is 2. The molecule has 0 saturated heterocycles. The zero-order valence-corrected chi connectivity index (χ0v) is 18.3. The normalized spacial score (nSPS) is 12.7. The van der Waals surface area contributed by atoms with Gasteiger partial charge < -0.3 is 20.1 Å². The molecule has 0 fully saturated rings. The van der Waals surface area contributed by atoms with Crippen LogP contribution in [0, 0.1) is 0 Å². The molecule has 2 amide bonds. The van der Waals surface area contributed by atoms with Crippen molar-refractivity contribution < 1.29 is 9.59 Å². The summed E-state index contributed by atoms with van der Waals surface area (Å²) in [6, 6.07) is 9.42. The molecule has 3 heterocycles. The molecule has 3 aromatic rings. The molecule has 0 unspecified atom stereocenters. The smallest absolute Gasteiger partial charge is 0.256 e. The predicted molar refractivity (Wildman–Crippen MR) is 122 cm³/mol. The number of anilines is 2. The van der Waals surface area contributed by atoms with Crippen LogP contribution in [0.25, 0.3) is 11.4 Å². The average Bonchev–Trinajstić information content (AvgIpc) is 3.28. The first kappa shape index (κ1) is 20.7. The van der Waals surface area contributed by atoms with E-state index in [0.29, 0.717) is 16.9 Å². The number of carbonyl (C=O) groups is 2. The second-order valence-corrected chi connectivity index (χ2v) is 8.36. The average molecular weight is 421 g/mol. The Morgan fingerprint density at radius 3 is 2.71 bits per heavy atom. The van der Waals surface area contributed by atoms with Crippen LogP contribution in [0.2, 0.25) is 0 Å². The molecule has 0 aliphatic carbocycles. The lowest BCUT2D eigenvalue weighted by molar-refractivity contribution is 0.0942. The highest BCUT2D eigenvalue weighted by Crippen LogP contribution is 2.33. The van der Waals surface area contributed by atoms with E-state index in [1.54, 1.807) is 6.07 Å². The highest BCUT2D eigenvalue weighted by Gasteiger charge is 2.24. The highest BCUT2D eigenvalue weighted by atomic mass is 16.2. The largest absolute Gasteiger partial charge is 0.378 e. The molecule has 8 nitrogen and oxygen atoms in total. The van der Waals surface area contributed by atoms with Crippen molar-refractivity contribution in [3.63, 3.8) is 0 Å². The molecular weight excluding hydrogens is 392 g/mol. The van der Waals surface area contributed by atoms with E-state index in [4.69, 9.17) is 0 Å². The van der Waals surface area contributed by atoms with Crippen LogP contribution in [0.15, 0.2) is 36.5 Å². The highest BCUT2D eigenvalue weighted by molar-refractivity contribution is 6.05. The van der Waals surface area contributed by atoms with Crippen LogP contribution in [-0.2, 0) is 13.0 Å². The van der Waals surface area contributed by atoms with Gasteiger partial charge in [-0.2, -0.15) is 5.10 Å². The van der Waals surface area contributed by atoms with Crippen molar-refractivity contribution in [1.82, 2.24) is 20.1 Å². The summed E-state index contributed by atoms with van der Waals surface area (Å²) in [5.41, 5.74) is 4.87. The first-order chi connectivity index (χ1) is 14.8. The Hall–Kier alpha value is -3.55. The van der Waals surface area contributed by atoms with Gasteiger partial charge in [0.25, 0.3) is 11.8 Å². The van der Waals surface area contributed by atoms with Gasteiger partial charge in [0, 0.05) is 49.7 Å². The van der Waals surface area contributed by atoms with E-state index in [0.717, 1.165) is 42.0 Å². The summed E-state index contributed by atoms with van der Waals surface area (Å²) in [5.74, 6) is 0.249. The quantitative estimate of drug-likeness (QED) is 0.590. The van der Waals surface area contributed by atoms with Gasteiger partial charge in [0.15, 0.2) is 5.82 Å². The summed E-state index contributed by atoms with van der Waals surface area (Å²) in [4.78, 5) is 27.3. The molecular formula is C23H28N6O2. The van der Waals surface area contributed by atoms with Crippen molar-refractivity contribution >= 4 is 23.3 Å². The van der Waals surface area contributed by atoms with Crippen LogP contribution in [0.3, 0.4) is 0 Å². The molecule has 1 aliphatic heterocycles. The summed E-state index contributed by atoms with van der Waals surface area (Å²) < 4.78 is 2.07. The Morgan fingerprint density at radius 2 is 1.97 bits per heavy atom. The summed E-state index contributed by atoms with van der Waals surface area (Å²) in [6.45, 7) is 4.68. The Morgan fingerprint density at radius 1 is 1.16 bits per heavy atom. The van der Waals surface area contributed by atoms with Crippen molar-refractivity contribution in [2.24, 2.45) is 0 Å². The molecule has 2 aromatic heterocycles. The van der Waals surface area contributed by atoms with Crippen molar-refractivity contribution in [2.45, 2.75) is 39.3 Å². The Labute approximate surface area is 181 Å². The van der Waals surface area contributed by atoms with Crippen molar-refractivity contribution in [2.75, 3.05) is 24.3 Å². The Kier molecular flexibility index (Phi) is 5.54. The third-order valence-electron chi connectivity index (χ3n) is 5.38. The number of amides is 2. The van der Waals surface area contributed by atoms with Gasteiger partial charge in [-0.1, -0.05) is 6.07 Å². The topological polar surface area (TPSA) is 95.1 Å². The Bertz CT molecular complexity index is 1130. The summed E-state index contributed by atoms with van der Waals surface area (Å²) in [7, 11) is 3.88. The number of fused-ring (bicyclic) bond motifs is 3. The first-order valence-corrected chi connectivity index (χ1v) is 10.5. The second kappa shape index (κ2) is 8.29. The fraction of sp³-hybridized carbons (Fsp3) is 0.348. The summed E-state index contributed by atoms with van der Waals surface area (Å²) in [5, 5.41) is 13.3. The SMILES string of the molecule is CC(C)NC(=O)c1cc2n(c1)CCCc1c(NC(=O)c3cccc(N(C)C)c3)n[nH]c1-2. The van der Waals surface area contributed by atoms with Gasteiger partial charge in [-0.3, -0.25) is 14.7 Å². The lowest BCUT2D eigenvalue weighted by Crippen LogP contribution is -2.29. The lowest BCUT2D eigenvalue weighted by atomic mass is 10.1. The maximum atomic E-state index is 12.9. The van der Waals surface area contributed by atoms with Gasteiger partial charge in [-0.25, -0.2) is 0 Å². The monoisotopic (exact) mass is 420 g/mol. The minimum Gasteiger partial charge on any atom is -0.378 e. The number of aromatic amines is 1. The molecule has 0 saturated carbocycles. The van der Waals surface area contributed by atoms with Crippen molar-refractivity contribution in [1.29, 1.82) is 0 Å². The fourth-order valence-corrected chi connectivity index (χ4v) is 3.83. The van der Waals surface area contributed by atoms with Gasteiger partial charge in [0.1, 0.15) is 0 Å². The van der Waals surface area contributed by atoms with Gasteiger partial charge in [-0.15, -0.1) is 0 Å². The molecule has 4 rings (SSSR count). The predicted octanol–water partition coefficient (Wildman–Crippen LogP) is 3.28. The van der Waals surface area contributed by atoms with Crippen LogP contribution in [-0.4, -0.2) is 46.7 Å². The van der Waals surface area contributed by atoms with Gasteiger partial charge in [0.2, 0.25) is 0 Å². The number of H-pyrrole nitrogens is 1. The zero-order chi connectivity index (χ0) is 22.1. The van der Waals surface area contributed by atoms with E-state index in [-0.39, 0.29) is 17.9 Å². The van der Waals surface area contributed by atoms with Gasteiger partial charge in [-0.05, 0) is 51.0 Å². The van der Waals surface area contributed by atoms with Crippen LogP contribution < -0.4 is 15.5 Å². The molecule has 1 aromatic carbocycles. The fourth-order valence-electron chi connectivity index (χ4n) is 3.83. The number of hydrogen-bond acceptors (Lipinski definition) is 4. The lowest BCUT2D eigenvalue weighted by Gasteiger charge is -2.13. The number of nitrogens with one attached hydrogen (secondary N) is 3. The van der Waals surface area contributed by atoms with E-state index in [9.17, 15) is 9.59 Å². The maximum absolute atomic E-state index is 12.9. The number of aromatic nitrogens is 3. The Balaban J connectivity index is 1.61. The number of hydrogen-bond donors (Lipinski definition) is 3. The van der Waals surface area contributed by atoms with E-state index < -0.39 is 0 Å². The molecule has 31 heavy (non-hydrogen) atoms. The number of aryl methyl sites for hydroxylation is 1. The molecule has 162 valence electrons. The summed E-state index contributed by atoms with van der Waals surface area (Å²) in [6.07, 6.45) is 3.56. The molecule has 3 N–H and O–H groups in total. The molecule has 0 spiro atoms. The van der Waals surface area contributed by atoms with Crippen LogP contribution in [0.5, 0.6) is 0 Å². The van der Waals surface area contributed by atoms with Crippen LogP contribution in [0.1, 0.15) is 46.5 Å². The minimum atomic E-state index is -0.199. The number of nitrogens with zero attached hydrogens (tertiary/aromatic N) is 3. The molecule has 0 atom stereocenters. The second-order valence-electron chi connectivity index (χ2n) is 8.36.